The summed E-state index contributed by atoms with van der Waals surface area (Å²) in [4.78, 5) is 0. The Balaban J connectivity index is 2.18. The Morgan fingerprint density at radius 3 is 2.83 bits per heavy atom. The second-order valence-corrected chi connectivity index (χ2v) is 4.06. The molecule has 0 radical (unpaired) electrons. The van der Waals surface area contributed by atoms with E-state index < -0.39 is 0 Å². The van der Waals surface area contributed by atoms with Crippen molar-refractivity contribution in [2.75, 3.05) is 13.2 Å². The van der Waals surface area contributed by atoms with Crippen LogP contribution in [0, 0.1) is 11.8 Å². The highest BCUT2D eigenvalue weighted by molar-refractivity contribution is 4.75. The predicted molar refractivity (Wildman–Crippen MR) is 49.0 cm³/mol. The quantitative estimate of drug-likeness (QED) is 0.701. The van der Waals surface area contributed by atoms with Gasteiger partial charge in [0.1, 0.15) is 0 Å². The van der Waals surface area contributed by atoms with Crippen LogP contribution in [-0.2, 0) is 4.74 Å². The van der Waals surface area contributed by atoms with Crippen molar-refractivity contribution in [2.24, 2.45) is 11.8 Å². The molecule has 0 spiro atoms. The lowest BCUT2D eigenvalue weighted by molar-refractivity contribution is 0.0618. The van der Waals surface area contributed by atoms with E-state index in [0.717, 1.165) is 25.4 Å². The zero-order valence-electron chi connectivity index (χ0n) is 8.12. The first-order valence-corrected chi connectivity index (χ1v) is 4.96. The van der Waals surface area contributed by atoms with Crippen LogP contribution < -0.4 is 0 Å². The molecule has 0 aromatic heterocycles. The summed E-state index contributed by atoms with van der Waals surface area (Å²) in [6.07, 6.45) is 3.65. The number of ether oxygens (including phenoxy) is 1. The van der Waals surface area contributed by atoms with Gasteiger partial charge in [-0.2, -0.15) is 0 Å². The van der Waals surface area contributed by atoms with Crippen LogP contribution in [0.15, 0.2) is 0 Å². The third kappa shape index (κ3) is 2.76. The van der Waals surface area contributed by atoms with E-state index in [2.05, 4.69) is 13.8 Å². The van der Waals surface area contributed by atoms with Crippen LogP contribution in [0.4, 0.5) is 0 Å². The summed E-state index contributed by atoms with van der Waals surface area (Å²) >= 11 is 0. The lowest BCUT2D eigenvalue weighted by Gasteiger charge is -2.17. The van der Waals surface area contributed by atoms with E-state index in [-0.39, 0.29) is 0 Å². The van der Waals surface area contributed by atoms with Gasteiger partial charge in [-0.25, -0.2) is 0 Å². The van der Waals surface area contributed by atoms with Crippen molar-refractivity contribution in [3.8, 4) is 0 Å². The molecule has 1 rings (SSSR count). The number of rotatable bonds is 4. The van der Waals surface area contributed by atoms with Gasteiger partial charge in [0.2, 0.25) is 0 Å². The van der Waals surface area contributed by atoms with Gasteiger partial charge in [-0.3, -0.25) is 0 Å². The molecule has 3 unspecified atom stereocenters. The summed E-state index contributed by atoms with van der Waals surface area (Å²) in [5.41, 5.74) is 0. The number of hydrogen-bond donors (Lipinski definition) is 1. The molecule has 2 nitrogen and oxygen atoms in total. The van der Waals surface area contributed by atoms with Crippen molar-refractivity contribution in [3.63, 3.8) is 0 Å². The van der Waals surface area contributed by atoms with Gasteiger partial charge in [-0.05, 0) is 31.1 Å². The third-order valence-electron chi connectivity index (χ3n) is 2.68. The van der Waals surface area contributed by atoms with E-state index in [1.54, 1.807) is 0 Å². The fourth-order valence-electron chi connectivity index (χ4n) is 1.82. The molecular formula is C10H20O2. The van der Waals surface area contributed by atoms with Gasteiger partial charge in [0, 0.05) is 13.2 Å². The molecule has 0 aliphatic carbocycles. The minimum absolute atomic E-state index is 0.312. The zero-order valence-corrected chi connectivity index (χ0v) is 8.12. The van der Waals surface area contributed by atoms with Gasteiger partial charge in [-0.15, -0.1) is 0 Å². The largest absolute Gasteiger partial charge is 0.396 e. The highest BCUT2D eigenvalue weighted by atomic mass is 16.5. The summed E-state index contributed by atoms with van der Waals surface area (Å²) in [6, 6.07) is 0. The molecule has 12 heavy (non-hydrogen) atoms. The maximum atomic E-state index is 8.67. The van der Waals surface area contributed by atoms with Crippen molar-refractivity contribution < 1.29 is 9.84 Å². The third-order valence-corrected chi connectivity index (χ3v) is 2.68. The minimum atomic E-state index is 0.312. The maximum Gasteiger partial charge on any atom is 0.0604 e. The molecular weight excluding hydrogens is 152 g/mol. The smallest absolute Gasteiger partial charge is 0.0604 e. The molecule has 0 amide bonds. The van der Waals surface area contributed by atoms with Crippen molar-refractivity contribution in [3.05, 3.63) is 0 Å². The van der Waals surface area contributed by atoms with Gasteiger partial charge < -0.3 is 9.84 Å². The highest BCUT2D eigenvalue weighted by Gasteiger charge is 2.26. The number of aliphatic hydroxyl groups is 1. The minimum Gasteiger partial charge on any atom is -0.396 e. The Kier molecular flexibility index (Phi) is 4.02. The second kappa shape index (κ2) is 4.83. The van der Waals surface area contributed by atoms with Crippen LogP contribution >= 0.6 is 0 Å². The molecule has 1 aliphatic heterocycles. The zero-order chi connectivity index (χ0) is 8.97. The lowest BCUT2D eigenvalue weighted by atomic mass is 9.94. The van der Waals surface area contributed by atoms with E-state index >= 15 is 0 Å². The summed E-state index contributed by atoms with van der Waals surface area (Å²) in [6.45, 7) is 5.69. The lowest BCUT2D eigenvalue weighted by Crippen LogP contribution is -2.16. The van der Waals surface area contributed by atoms with E-state index in [0.29, 0.717) is 18.6 Å². The first-order valence-electron chi connectivity index (χ1n) is 4.96. The fraction of sp³-hybridized carbons (Fsp3) is 1.00. The Morgan fingerprint density at radius 2 is 2.33 bits per heavy atom. The second-order valence-electron chi connectivity index (χ2n) is 4.06. The van der Waals surface area contributed by atoms with Crippen LogP contribution in [-0.4, -0.2) is 24.4 Å². The van der Waals surface area contributed by atoms with Crippen molar-refractivity contribution in [1.82, 2.24) is 0 Å². The van der Waals surface area contributed by atoms with Gasteiger partial charge >= 0.3 is 0 Å². The topological polar surface area (TPSA) is 29.5 Å². The number of aliphatic hydroxyl groups excluding tert-OH is 1. The molecule has 1 fully saturated rings. The van der Waals surface area contributed by atoms with Crippen molar-refractivity contribution in [1.29, 1.82) is 0 Å². The van der Waals surface area contributed by atoms with Gasteiger partial charge in [0.25, 0.3) is 0 Å². The fourth-order valence-corrected chi connectivity index (χ4v) is 1.82. The molecule has 0 saturated carbocycles. The maximum absolute atomic E-state index is 8.67. The molecule has 3 atom stereocenters. The van der Waals surface area contributed by atoms with Crippen LogP contribution in [0.1, 0.15) is 33.1 Å². The highest BCUT2D eigenvalue weighted by Crippen LogP contribution is 2.26. The normalized spacial score (nSPS) is 32.2. The Morgan fingerprint density at radius 1 is 1.58 bits per heavy atom. The standard InChI is InChI=1S/C10H20O2/c1-8-6-10(12-7-8)9(2)4-3-5-11/h8-11H,3-7H2,1-2H3. The van der Waals surface area contributed by atoms with E-state index in [1.165, 1.54) is 6.42 Å². The summed E-state index contributed by atoms with van der Waals surface area (Å²) in [5, 5.41) is 8.67. The predicted octanol–water partition coefficient (Wildman–Crippen LogP) is 1.82. The average molecular weight is 172 g/mol. The molecule has 2 heteroatoms. The van der Waals surface area contributed by atoms with Crippen LogP contribution in [0.25, 0.3) is 0 Å². The van der Waals surface area contributed by atoms with Crippen LogP contribution in [0.3, 0.4) is 0 Å². The molecule has 1 heterocycles. The Bertz CT molecular complexity index is 125. The molecule has 0 bridgehead atoms. The molecule has 1 saturated heterocycles. The average Bonchev–Trinajstić information content (AvgIpc) is 2.47. The SMILES string of the molecule is CC1COC(C(C)CCCO)C1. The summed E-state index contributed by atoms with van der Waals surface area (Å²) in [5.74, 6) is 1.34. The molecule has 1 N–H and O–H groups in total. The van der Waals surface area contributed by atoms with E-state index in [9.17, 15) is 0 Å². The molecule has 0 aromatic carbocycles. The number of hydrogen-bond acceptors (Lipinski definition) is 2. The Hall–Kier alpha value is -0.0800. The Labute approximate surface area is 74.9 Å². The first-order chi connectivity index (χ1) is 5.74. The van der Waals surface area contributed by atoms with Crippen LogP contribution in [0.5, 0.6) is 0 Å². The van der Waals surface area contributed by atoms with Gasteiger partial charge in [0.05, 0.1) is 6.10 Å². The molecule has 1 aliphatic rings. The first kappa shape index (κ1) is 10.0. The molecule has 0 aromatic rings. The summed E-state index contributed by atoms with van der Waals surface area (Å²) in [7, 11) is 0. The summed E-state index contributed by atoms with van der Waals surface area (Å²) < 4.78 is 5.64. The van der Waals surface area contributed by atoms with E-state index in [4.69, 9.17) is 9.84 Å². The van der Waals surface area contributed by atoms with Crippen molar-refractivity contribution >= 4 is 0 Å². The molecule has 72 valence electrons. The van der Waals surface area contributed by atoms with E-state index in [1.807, 2.05) is 0 Å². The van der Waals surface area contributed by atoms with Gasteiger partial charge in [-0.1, -0.05) is 13.8 Å². The van der Waals surface area contributed by atoms with Crippen molar-refractivity contribution in [2.45, 2.75) is 39.2 Å². The van der Waals surface area contributed by atoms with Crippen LogP contribution in [0.2, 0.25) is 0 Å². The monoisotopic (exact) mass is 172 g/mol. The van der Waals surface area contributed by atoms with Gasteiger partial charge in [0.15, 0.2) is 0 Å².